The van der Waals surface area contributed by atoms with Crippen LogP contribution in [-0.4, -0.2) is 62.0 Å². The van der Waals surface area contributed by atoms with E-state index in [9.17, 15) is 22.8 Å². The molecule has 1 fully saturated rings. The van der Waals surface area contributed by atoms with Crippen LogP contribution in [0, 0.1) is 11.3 Å². The van der Waals surface area contributed by atoms with Crippen molar-refractivity contribution in [2.24, 2.45) is 0 Å². The second kappa shape index (κ2) is 12.6. The van der Waals surface area contributed by atoms with Crippen LogP contribution < -0.4 is 25.6 Å². The molecular formula is C34H30F3N7O3. The molecular weight excluding hydrogens is 611 g/mol. The van der Waals surface area contributed by atoms with Gasteiger partial charge in [0.2, 0.25) is 0 Å². The predicted molar refractivity (Wildman–Crippen MR) is 174 cm³/mol. The Balaban J connectivity index is 1.23. The van der Waals surface area contributed by atoms with E-state index in [0.29, 0.717) is 82.8 Å². The molecule has 13 heteroatoms. The van der Waals surface area contributed by atoms with Crippen LogP contribution >= 0.6 is 0 Å². The van der Waals surface area contributed by atoms with Gasteiger partial charge in [0.1, 0.15) is 11.8 Å². The molecule has 0 spiro atoms. The minimum absolute atomic E-state index is 0.118. The van der Waals surface area contributed by atoms with Crippen LogP contribution in [0.15, 0.2) is 66.9 Å². The summed E-state index contributed by atoms with van der Waals surface area (Å²) in [5.41, 5.74) is 3.55. The van der Waals surface area contributed by atoms with Crippen LogP contribution in [0.4, 0.5) is 41.6 Å². The minimum Gasteiger partial charge on any atom is -0.497 e. The van der Waals surface area contributed by atoms with Crippen LogP contribution in [0.25, 0.3) is 11.6 Å². The number of fused-ring (bicyclic) bond motifs is 1. The summed E-state index contributed by atoms with van der Waals surface area (Å²) in [5, 5.41) is 17.9. The zero-order valence-corrected chi connectivity index (χ0v) is 25.5. The molecule has 3 heterocycles. The second-order valence-electron chi connectivity index (χ2n) is 11.3. The van der Waals surface area contributed by atoms with E-state index in [4.69, 9.17) is 10.00 Å². The molecule has 2 amide bonds. The Labute approximate surface area is 268 Å². The number of amides is 2. The number of likely N-dealkylation sites (N-methyl/N-ethyl adjacent to an activating group) is 1. The Morgan fingerprint density at radius 3 is 2.47 bits per heavy atom. The van der Waals surface area contributed by atoms with E-state index in [1.54, 1.807) is 54.7 Å². The predicted octanol–water partition coefficient (Wildman–Crippen LogP) is 6.15. The van der Waals surface area contributed by atoms with Crippen molar-refractivity contribution in [2.75, 3.05) is 61.2 Å². The Morgan fingerprint density at radius 1 is 1.00 bits per heavy atom. The van der Waals surface area contributed by atoms with E-state index < -0.39 is 17.6 Å². The number of carbonyl (C=O) groups is 2. The zero-order valence-electron chi connectivity index (χ0n) is 25.5. The summed E-state index contributed by atoms with van der Waals surface area (Å²) in [5.74, 6) is -0.592. The number of piperazine rings is 1. The molecule has 2 aliphatic heterocycles. The molecule has 0 unspecified atom stereocenters. The number of H-pyrrole nitrogens is 1. The van der Waals surface area contributed by atoms with Crippen molar-refractivity contribution in [1.82, 2.24) is 9.88 Å². The van der Waals surface area contributed by atoms with Gasteiger partial charge in [-0.1, -0.05) is 6.07 Å². The quantitative estimate of drug-likeness (QED) is 0.178. The van der Waals surface area contributed by atoms with Gasteiger partial charge < -0.3 is 35.5 Å². The number of nitrogens with zero attached hydrogens (tertiary/aromatic N) is 3. The largest absolute Gasteiger partial charge is 0.497 e. The van der Waals surface area contributed by atoms with E-state index in [-0.39, 0.29) is 11.5 Å². The molecule has 2 aliphatic rings. The number of aromatic nitrogens is 1. The molecule has 4 aromatic rings. The fourth-order valence-electron chi connectivity index (χ4n) is 5.52. The molecule has 1 saturated heterocycles. The lowest BCUT2D eigenvalue weighted by Gasteiger charge is -2.34. The molecule has 0 bridgehead atoms. The lowest BCUT2D eigenvalue weighted by molar-refractivity contribution is -0.137. The van der Waals surface area contributed by atoms with Crippen molar-refractivity contribution < 1.29 is 27.5 Å². The highest BCUT2D eigenvalue weighted by atomic mass is 19.4. The summed E-state index contributed by atoms with van der Waals surface area (Å²) < 4.78 is 47.0. The third kappa shape index (κ3) is 6.92. The van der Waals surface area contributed by atoms with Crippen molar-refractivity contribution in [2.45, 2.75) is 6.18 Å². The number of halogens is 3. The number of hydrogen-bond donors (Lipinski definition) is 4. The summed E-state index contributed by atoms with van der Waals surface area (Å²) >= 11 is 0. The molecule has 10 nitrogen and oxygen atoms in total. The highest BCUT2D eigenvalue weighted by Gasteiger charge is 2.33. The van der Waals surface area contributed by atoms with Gasteiger partial charge in [-0.05, 0) is 55.6 Å². The van der Waals surface area contributed by atoms with E-state index in [1.165, 1.54) is 13.2 Å². The van der Waals surface area contributed by atoms with E-state index in [0.717, 1.165) is 12.1 Å². The van der Waals surface area contributed by atoms with Crippen LogP contribution in [0.5, 0.6) is 5.75 Å². The second-order valence-corrected chi connectivity index (χ2v) is 11.3. The Bertz CT molecular complexity index is 1940. The summed E-state index contributed by atoms with van der Waals surface area (Å²) in [4.78, 5) is 33.0. The Kier molecular flexibility index (Phi) is 8.36. The monoisotopic (exact) mass is 641 g/mol. The minimum atomic E-state index is -4.63. The highest BCUT2D eigenvalue weighted by Crippen LogP contribution is 2.37. The summed E-state index contributed by atoms with van der Waals surface area (Å²) in [7, 11) is 3.41. The van der Waals surface area contributed by atoms with Crippen LogP contribution in [0.2, 0.25) is 0 Å². The lowest BCUT2D eigenvalue weighted by atomic mass is 10.1. The van der Waals surface area contributed by atoms with Crippen LogP contribution in [-0.2, 0) is 11.0 Å². The number of carbonyl (C=O) groups excluding carboxylic acids is 2. The van der Waals surface area contributed by atoms with Crippen LogP contribution in [0.1, 0.15) is 32.7 Å². The number of nitrogens with one attached hydrogen (secondary N) is 4. The van der Waals surface area contributed by atoms with Gasteiger partial charge in [0.05, 0.1) is 29.5 Å². The summed E-state index contributed by atoms with van der Waals surface area (Å²) in [6.07, 6.45) is -1.40. The number of benzene rings is 3. The van der Waals surface area contributed by atoms with Gasteiger partial charge in [0.25, 0.3) is 11.8 Å². The van der Waals surface area contributed by atoms with E-state index >= 15 is 0 Å². The molecule has 0 saturated carbocycles. The normalized spacial score (nSPS) is 15.6. The van der Waals surface area contributed by atoms with Crippen molar-refractivity contribution in [1.29, 1.82) is 5.26 Å². The van der Waals surface area contributed by atoms with Crippen molar-refractivity contribution >= 4 is 51.9 Å². The average molecular weight is 642 g/mol. The summed E-state index contributed by atoms with van der Waals surface area (Å²) in [6.45, 7) is 2.49. The number of alkyl halides is 3. The lowest BCUT2D eigenvalue weighted by Crippen LogP contribution is -2.44. The SMILES string of the molecule is COc1cc(NC(=O)c2cc(N3CCN(C)CC3)cc(C(F)(F)F)c2)cc(Nc2ccc3c(c2)NC(=O)C3=Cc2cc(C#N)c[nH]2)c1. The topological polar surface area (TPSA) is 126 Å². The molecule has 0 atom stereocenters. The van der Waals surface area contributed by atoms with E-state index in [1.807, 2.05) is 18.0 Å². The third-order valence-electron chi connectivity index (χ3n) is 8.00. The fourth-order valence-corrected chi connectivity index (χ4v) is 5.52. The van der Waals surface area contributed by atoms with Crippen molar-refractivity contribution in [3.63, 3.8) is 0 Å². The summed E-state index contributed by atoms with van der Waals surface area (Å²) in [6, 6.07) is 17.3. The van der Waals surface area contributed by atoms with Gasteiger partial charge in [-0.25, -0.2) is 0 Å². The van der Waals surface area contributed by atoms with Gasteiger partial charge in [-0.2, -0.15) is 18.4 Å². The standard InChI is InChI=1S/C34H30F3N7O3/c1-43-5-7-44(8-6-43)27-11-21(10-22(12-27)34(35,36)37)32(45)41-26-13-25(14-28(15-26)47-2)40-23-3-4-29-30(33(46)42-31(29)17-23)16-24-9-20(18-38)19-39-24/h3-4,9-17,19,39-40H,5-8H2,1-2H3,(H,41,45)(H,42,46). The van der Waals surface area contributed by atoms with E-state index in [2.05, 4.69) is 25.8 Å². The first-order chi connectivity index (χ1) is 22.5. The Morgan fingerprint density at radius 2 is 1.77 bits per heavy atom. The van der Waals surface area contributed by atoms with Gasteiger partial charge in [-0.3, -0.25) is 9.59 Å². The van der Waals surface area contributed by atoms with Crippen molar-refractivity contribution in [3.8, 4) is 11.8 Å². The fraction of sp³-hybridized carbons (Fsp3) is 0.206. The molecule has 0 aliphatic carbocycles. The van der Waals surface area contributed by atoms with Crippen molar-refractivity contribution in [3.05, 3.63) is 94.8 Å². The van der Waals surface area contributed by atoms with Gasteiger partial charge >= 0.3 is 6.18 Å². The number of nitriles is 1. The maximum absolute atomic E-state index is 13.8. The molecule has 0 radical (unpaired) electrons. The smallest absolute Gasteiger partial charge is 0.416 e. The first kappa shape index (κ1) is 31.3. The first-order valence-electron chi connectivity index (χ1n) is 14.7. The highest BCUT2D eigenvalue weighted by molar-refractivity contribution is 6.35. The van der Waals surface area contributed by atoms with Gasteiger partial charge in [0.15, 0.2) is 0 Å². The third-order valence-corrected chi connectivity index (χ3v) is 8.00. The molecule has 1 aromatic heterocycles. The molecule has 3 aromatic carbocycles. The number of methoxy groups -OCH3 is 1. The zero-order chi connectivity index (χ0) is 33.3. The molecule has 47 heavy (non-hydrogen) atoms. The van der Waals surface area contributed by atoms with Crippen LogP contribution in [0.3, 0.4) is 0 Å². The maximum Gasteiger partial charge on any atom is 0.416 e. The molecule has 4 N–H and O–H groups in total. The first-order valence-corrected chi connectivity index (χ1v) is 14.7. The number of hydrogen-bond acceptors (Lipinski definition) is 7. The Hall–Kier alpha value is -5.74. The molecule has 6 rings (SSSR count). The number of aromatic amines is 1. The number of ether oxygens (including phenoxy) is 1. The maximum atomic E-state index is 13.8. The average Bonchev–Trinajstić information content (AvgIpc) is 3.63. The molecule has 240 valence electrons. The van der Waals surface area contributed by atoms with Gasteiger partial charge in [0, 0.05) is 84.1 Å². The number of anilines is 5. The number of rotatable bonds is 7. The van der Waals surface area contributed by atoms with Gasteiger partial charge in [-0.15, -0.1) is 0 Å².